The van der Waals surface area contributed by atoms with Crippen LogP contribution in [0.3, 0.4) is 0 Å². The van der Waals surface area contributed by atoms with Gasteiger partial charge in [0.2, 0.25) is 5.89 Å². The molecule has 0 unspecified atom stereocenters. The number of hydrogen-bond donors (Lipinski definition) is 2. The van der Waals surface area contributed by atoms with Crippen LogP contribution in [0.5, 0.6) is 0 Å². The van der Waals surface area contributed by atoms with E-state index in [-0.39, 0.29) is 0 Å². The van der Waals surface area contributed by atoms with Crippen LogP contribution in [0.1, 0.15) is 11.1 Å². The number of nitrogens with zero attached hydrogens (tertiary/aromatic N) is 1. The van der Waals surface area contributed by atoms with Crippen molar-refractivity contribution in [1.82, 2.24) is 4.98 Å². The van der Waals surface area contributed by atoms with E-state index in [1.54, 1.807) is 0 Å². The van der Waals surface area contributed by atoms with Gasteiger partial charge in [-0.25, -0.2) is 4.98 Å². The molecule has 2 N–H and O–H groups in total. The van der Waals surface area contributed by atoms with Crippen LogP contribution in [-0.4, -0.2) is 10.1 Å². The summed E-state index contributed by atoms with van der Waals surface area (Å²) in [7, 11) is 0. The molecule has 0 aliphatic heterocycles. The summed E-state index contributed by atoms with van der Waals surface area (Å²) in [5.74, 6) is 0.594. The van der Waals surface area contributed by atoms with Crippen molar-refractivity contribution in [3.05, 3.63) is 77.9 Å². The molecule has 0 amide bonds. The van der Waals surface area contributed by atoms with Gasteiger partial charge in [0.1, 0.15) is 5.52 Å². The predicted molar refractivity (Wildman–Crippen MR) is 115 cm³/mol. The van der Waals surface area contributed by atoms with Gasteiger partial charge in [0.25, 0.3) is 0 Å². The average Bonchev–Trinajstić information content (AvgIpc) is 3.07. The zero-order valence-corrected chi connectivity index (χ0v) is 15.9. The van der Waals surface area contributed by atoms with Crippen molar-refractivity contribution in [2.45, 2.75) is 13.8 Å². The van der Waals surface area contributed by atoms with Crippen molar-refractivity contribution >= 4 is 39.8 Å². The van der Waals surface area contributed by atoms with Crippen LogP contribution in [0.2, 0.25) is 0 Å². The number of thiocarbonyl (C=S) groups is 1. The van der Waals surface area contributed by atoms with E-state index in [0.29, 0.717) is 11.0 Å². The van der Waals surface area contributed by atoms with E-state index in [9.17, 15) is 0 Å². The van der Waals surface area contributed by atoms with Crippen molar-refractivity contribution in [3.63, 3.8) is 0 Å². The van der Waals surface area contributed by atoms with E-state index in [2.05, 4.69) is 22.5 Å². The summed E-state index contributed by atoms with van der Waals surface area (Å²) in [6, 6.07) is 21.9. The standard InChI is InChI=1S/C22H19N3OS/c1-14-6-9-17(10-7-14)23-22(27)24-18-5-3-4-16(13-18)21-25-19-12-15(2)8-11-20(19)26-21/h3-13H,1-2H3,(H2,23,24,27). The number of rotatable bonds is 3. The van der Waals surface area contributed by atoms with Gasteiger partial charge in [-0.2, -0.15) is 0 Å². The molecule has 0 atom stereocenters. The Morgan fingerprint density at radius 3 is 2.41 bits per heavy atom. The topological polar surface area (TPSA) is 50.1 Å². The molecule has 0 bridgehead atoms. The monoisotopic (exact) mass is 373 g/mol. The highest BCUT2D eigenvalue weighted by Gasteiger charge is 2.09. The quantitative estimate of drug-likeness (QED) is 0.437. The number of benzene rings is 3. The Balaban J connectivity index is 1.52. The third-order valence-electron chi connectivity index (χ3n) is 4.22. The van der Waals surface area contributed by atoms with Gasteiger partial charge in [-0.1, -0.05) is 29.8 Å². The third-order valence-corrected chi connectivity index (χ3v) is 4.42. The number of hydrogen-bond acceptors (Lipinski definition) is 3. The van der Waals surface area contributed by atoms with Crippen LogP contribution in [0.4, 0.5) is 11.4 Å². The molecule has 4 aromatic rings. The highest BCUT2D eigenvalue weighted by atomic mass is 32.1. The molecule has 134 valence electrons. The Morgan fingerprint density at radius 2 is 1.59 bits per heavy atom. The lowest BCUT2D eigenvalue weighted by Crippen LogP contribution is -2.18. The van der Waals surface area contributed by atoms with Gasteiger partial charge in [-0.15, -0.1) is 0 Å². The minimum absolute atomic E-state index is 0.532. The van der Waals surface area contributed by atoms with Gasteiger partial charge in [0, 0.05) is 16.9 Å². The minimum atomic E-state index is 0.532. The first-order valence-electron chi connectivity index (χ1n) is 8.69. The molecular formula is C22H19N3OS. The lowest BCUT2D eigenvalue weighted by atomic mass is 10.2. The predicted octanol–water partition coefficient (Wildman–Crippen LogP) is 5.92. The van der Waals surface area contributed by atoms with E-state index < -0.39 is 0 Å². The van der Waals surface area contributed by atoms with Crippen LogP contribution in [0, 0.1) is 13.8 Å². The Kier molecular flexibility index (Phi) is 4.60. The van der Waals surface area contributed by atoms with Gasteiger partial charge in [-0.05, 0) is 74.1 Å². The molecule has 0 radical (unpaired) electrons. The SMILES string of the molecule is Cc1ccc(NC(=S)Nc2cccc(-c3nc4cc(C)ccc4o3)c2)cc1. The fraction of sp³-hybridized carbons (Fsp3) is 0.0909. The maximum Gasteiger partial charge on any atom is 0.227 e. The molecule has 1 heterocycles. The Hall–Kier alpha value is -3.18. The molecule has 4 rings (SSSR count). The van der Waals surface area contributed by atoms with E-state index in [1.165, 1.54) is 5.56 Å². The normalized spacial score (nSPS) is 10.7. The van der Waals surface area contributed by atoms with Crippen LogP contribution in [0.25, 0.3) is 22.6 Å². The first kappa shape index (κ1) is 17.2. The highest BCUT2D eigenvalue weighted by Crippen LogP contribution is 2.26. The molecule has 0 saturated carbocycles. The maximum atomic E-state index is 5.89. The van der Waals surface area contributed by atoms with E-state index in [4.69, 9.17) is 16.6 Å². The molecule has 0 spiro atoms. The minimum Gasteiger partial charge on any atom is -0.436 e. The Bertz CT molecular complexity index is 1120. The fourth-order valence-electron chi connectivity index (χ4n) is 2.82. The van der Waals surface area contributed by atoms with Crippen LogP contribution >= 0.6 is 12.2 Å². The zero-order chi connectivity index (χ0) is 18.8. The molecule has 0 fully saturated rings. The number of anilines is 2. The second-order valence-electron chi connectivity index (χ2n) is 6.52. The summed E-state index contributed by atoms with van der Waals surface area (Å²) in [5, 5.41) is 6.93. The van der Waals surface area contributed by atoms with Gasteiger partial charge >= 0.3 is 0 Å². The summed E-state index contributed by atoms with van der Waals surface area (Å²) in [6.07, 6.45) is 0. The molecular weight excluding hydrogens is 354 g/mol. The number of oxazole rings is 1. The lowest BCUT2D eigenvalue weighted by Gasteiger charge is -2.11. The number of aryl methyl sites for hydroxylation is 2. The van der Waals surface area contributed by atoms with E-state index >= 15 is 0 Å². The molecule has 3 aromatic carbocycles. The van der Waals surface area contributed by atoms with E-state index in [1.807, 2.05) is 73.7 Å². The number of aromatic nitrogens is 1. The smallest absolute Gasteiger partial charge is 0.227 e. The first-order chi connectivity index (χ1) is 13.1. The second kappa shape index (κ2) is 7.21. The summed E-state index contributed by atoms with van der Waals surface area (Å²) < 4.78 is 5.89. The first-order valence-corrected chi connectivity index (χ1v) is 9.10. The van der Waals surface area contributed by atoms with Gasteiger partial charge in [-0.3, -0.25) is 0 Å². The molecule has 0 aliphatic rings. The lowest BCUT2D eigenvalue weighted by molar-refractivity contribution is 0.620. The van der Waals surface area contributed by atoms with Crippen LogP contribution < -0.4 is 10.6 Å². The molecule has 0 saturated heterocycles. The highest BCUT2D eigenvalue weighted by molar-refractivity contribution is 7.80. The summed E-state index contributed by atoms with van der Waals surface area (Å²) in [5.41, 5.74) is 6.72. The largest absolute Gasteiger partial charge is 0.436 e. The van der Waals surface area contributed by atoms with Crippen molar-refractivity contribution in [2.75, 3.05) is 10.6 Å². The fourth-order valence-corrected chi connectivity index (χ4v) is 3.06. The molecule has 0 aliphatic carbocycles. The van der Waals surface area contributed by atoms with Crippen molar-refractivity contribution in [2.24, 2.45) is 0 Å². The average molecular weight is 373 g/mol. The number of fused-ring (bicyclic) bond motifs is 1. The summed E-state index contributed by atoms with van der Waals surface area (Å²) in [6.45, 7) is 4.10. The van der Waals surface area contributed by atoms with E-state index in [0.717, 1.165) is 33.6 Å². The molecule has 1 aromatic heterocycles. The third kappa shape index (κ3) is 3.99. The van der Waals surface area contributed by atoms with Crippen molar-refractivity contribution < 1.29 is 4.42 Å². The molecule has 27 heavy (non-hydrogen) atoms. The Labute approximate surface area is 163 Å². The molecule has 5 heteroatoms. The van der Waals surface area contributed by atoms with Crippen molar-refractivity contribution in [3.8, 4) is 11.5 Å². The van der Waals surface area contributed by atoms with Gasteiger partial charge < -0.3 is 15.1 Å². The van der Waals surface area contributed by atoms with Crippen LogP contribution in [-0.2, 0) is 0 Å². The van der Waals surface area contributed by atoms with Gasteiger partial charge in [0.05, 0.1) is 0 Å². The van der Waals surface area contributed by atoms with Gasteiger partial charge in [0.15, 0.2) is 10.7 Å². The van der Waals surface area contributed by atoms with Crippen molar-refractivity contribution in [1.29, 1.82) is 0 Å². The summed E-state index contributed by atoms with van der Waals surface area (Å²) in [4.78, 5) is 4.60. The van der Waals surface area contributed by atoms with Crippen LogP contribution in [0.15, 0.2) is 71.1 Å². The molecule has 4 nitrogen and oxygen atoms in total. The Morgan fingerprint density at radius 1 is 0.852 bits per heavy atom. The maximum absolute atomic E-state index is 5.89. The zero-order valence-electron chi connectivity index (χ0n) is 15.1. The summed E-state index contributed by atoms with van der Waals surface area (Å²) >= 11 is 5.42. The number of nitrogens with one attached hydrogen (secondary N) is 2. The second-order valence-corrected chi connectivity index (χ2v) is 6.92.